The normalized spacial score (nSPS) is 15.4. The molecule has 0 saturated carbocycles. The number of allylic oxidation sites excluding steroid dienone is 1. The average molecular weight is 199 g/mol. The second-order valence-corrected chi connectivity index (χ2v) is 4.27. The maximum atomic E-state index is 5.52. The van der Waals surface area contributed by atoms with Crippen LogP contribution < -0.4 is 5.32 Å². The van der Waals surface area contributed by atoms with Gasteiger partial charge in [0.05, 0.1) is 12.1 Å². The molecule has 14 heavy (non-hydrogen) atoms. The lowest BCUT2D eigenvalue weighted by Gasteiger charge is -2.27. The zero-order chi connectivity index (χ0) is 11.1. The second kappa shape index (κ2) is 7.02. The Morgan fingerprint density at radius 3 is 2.21 bits per heavy atom. The molecule has 2 atom stereocenters. The number of hydrogen-bond acceptors (Lipinski definition) is 2. The average Bonchev–Trinajstić information content (AvgIpc) is 2.03. The third kappa shape index (κ3) is 4.77. The Morgan fingerprint density at radius 2 is 1.93 bits per heavy atom. The van der Waals surface area contributed by atoms with Gasteiger partial charge in [0.2, 0.25) is 0 Å². The Kier molecular flexibility index (Phi) is 6.85. The maximum Gasteiger partial charge on any atom is 0.0782 e. The van der Waals surface area contributed by atoms with E-state index in [1.807, 2.05) is 0 Å². The van der Waals surface area contributed by atoms with Gasteiger partial charge >= 0.3 is 0 Å². The SMILES string of the molecule is CCNC(C=C(C)C)C(OC)C(C)C. The predicted molar refractivity (Wildman–Crippen MR) is 62.5 cm³/mol. The van der Waals surface area contributed by atoms with Crippen LogP contribution in [0, 0.1) is 5.92 Å². The highest BCUT2D eigenvalue weighted by molar-refractivity contribution is 5.04. The van der Waals surface area contributed by atoms with Gasteiger partial charge in [0, 0.05) is 7.11 Å². The van der Waals surface area contributed by atoms with Gasteiger partial charge in [-0.05, 0) is 26.3 Å². The van der Waals surface area contributed by atoms with Crippen LogP contribution in [-0.2, 0) is 4.74 Å². The number of methoxy groups -OCH3 is 1. The number of ether oxygens (including phenoxy) is 1. The van der Waals surface area contributed by atoms with Crippen LogP contribution in [0.5, 0.6) is 0 Å². The molecule has 0 fully saturated rings. The molecule has 0 amide bonds. The summed E-state index contributed by atoms with van der Waals surface area (Å²) in [5, 5.41) is 3.44. The number of nitrogens with one attached hydrogen (secondary N) is 1. The molecule has 0 aliphatic rings. The standard InChI is InChI=1S/C12H25NO/c1-7-13-11(8-9(2)3)12(14-6)10(4)5/h8,10-13H,7H2,1-6H3. The van der Waals surface area contributed by atoms with Gasteiger partial charge in [-0.1, -0.05) is 32.4 Å². The molecule has 0 spiro atoms. The van der Waals surface area contributed by atoms with E-state index in [0.717, 1.165) is 6.54 Å². The van der Waals surface area contributed by atoms with Gasteiger partial charge in [-0.3, -0.25) is 0 Å². The lowest BCUT2D eigenvalue weighted by atomic mass is 9.98. The second-order valence-electron chi connectivity index (χ2n) is 4.27. The van der Waals surface area contributed by atoms with Crippen LogP contribution in [0.3, 0.4) is 0 Å². The minimum absolute atomic E-state index is 0.254. The van der Waals surface area contributed by atoms with E-state index in [-0.39, 0.29) is 6.10 Å². The van der Waals surface area contributed by atoms with Crippen molar-refractivity contribution in [1.82, 2.24) is 5.32 Å². The summed E-state index contributed by atoms with van der Waals surface area (Å²) in [4.78, 5) is 0. The summed E-state index contributed by atoms with van der Waals surface area (Å²) >= 11 is 0. The van der Waals surface area contributed by atoms with Crippen LogP contribution in [0.15, 0.2) is 11.6 Å². The molecular weight excluding hydrogens is 174 g/mol. The van der Waals surface area contributed by atoms with Gasteiger partial charge in [-0.2, -0.15) is 0 Å². The molecule has 0 bridgehead atoms. The molecule has 2 heteroatoms. The van der Waals surface area contributed by atoms with Crippen molar-refractivity contribution in [2.24, 2.45) is 5.92 Å². The van der Waals surface area contributed by atoms with Crippen molar-refractivity contribution in [2.75, 3.05) is 13.7 Å². The summed E-state index contributed by atoms with van der Waals surface area (Å²) in [5.41, 5.74) is 1.33. The highest BCUT2D eigenvalue weighted by atomic mass is 16.5. The zero-order valence-electron chi connectivity index (χ0n) is 10.4. The zero-order valence-corrected chi connectivity index (χ0v) is 10.4. The Hall–Kier alpha value is -0.340. The van der Waals surface area contributed by atoms with Crippen molar-refractivity contribution >= 4 is 0 Å². The van der Waals surface area contributed by atoms with Crippen molar-refractivity contribution in [3.63, 3.8) is 0 Å². The number of hydrogen-bond donors (Lipinski definition) is 1. The van der Waals surface area contributed by atoms with E-state index in [9.17, 15) is 0 Å². The van der Waals surface area contributed by atoms with E-state index in [2.05, 4.69) is 46.0 Å². The summed E-state index contributed by atoms with van der Waals surface area (Å²) in [5.74, 6) is 0.527. The van der Waals surface area contributed by atoms with Crippen LogP contribution in [-0.4, -0.2) is 25.8 Å². The van der Waals surface area contributed by atoms with Gasteiger partial charge in [-0.25, -0.2) is 0 Å². The fraction of sp³-hybridized carbons (Fsp3) is 0.833. The Morgan fingerprint density at radius 1 is 1.36 bits per heavy atom. The maximum absolute atomic E-state index is 5.52. The first-order valence-electron chi connectivity index (χ1n) is 5.44. The summed E-state index contributed by atoms with van der Waals surface area (Å²) in [6, 6.07) is 0.329. The molecule has 0 radical (unpaired) electrons. The van der Waals surface area contributed by atoms with Crippen LogP contribution >= 0.6 is 0 Å². The fourth-order valence-corrected chi connectivity index (χ4v) is 1.70. The third-order valence-corrected chi connectivity index (χ3v) is 2.24. The molecule has 0 aromatic carbocycles. The number of likely N-dealkylation sites (N-methyl/N-ethyl adjacent to an activating group) is 1. The molecule has 0 saturated heterocycles. The summed E-state index contributed by atoms with van der Waals surface area (Å²) in [7, 11) is 1.79. The molecule has 84 valence electrons. The minimum Gasteiger partial charge on any atom is -0.379 e. The Balaban J connectivity index is 4.51. The van der Waals surface area contributed by atoms with Crippen LogP contribution in [0.2, 0.25) is 0 Å². The Bertz CT molecular complexity index is 171. The lowest BCUT2D eigenvalue weighted by molar-refractivity contribution is 0.0462. The van der Waals surface area contributed by atoms with Crippen molar-refractivity contribution < 1.29 is 4.74 Å². The topological polar surface area (TPSA) is 21.3 Å². The minimum atomic E-state index is 0.254. The summed E-state index contributed by atoms with van der Waals surface area (Å²) in [6.07, 6.45) is 2.50. The van der Waals surface area contributed by atoms with Crippen molar-refractivity contribution in [2.45, 2.75) is 46.8 Å². The first kappa shape index (κ1) is 13.7. The molecule has 0 aromatic rings. The summed E-state index contributed by atoms with van der Waals surface area (Å²) in [6.45, 7) is 11.7. The van der Waals surface area contributed by atoms with Crippen molar-refractivity contribution in [1.29, 1.82) is 0 Å². The molecule has 2 nitrogen and oxygen atoms in total. The Labute approximate surface area is 88.7 Å². The quantitative estimate of drug-likeness (QED) is 0.664. The van der Waals surface area contributed by atoms with Gasteiger partial charge < -0.3 is 10.1 Å². The lowest BCUT2D eigenvalue weighted by Crippen LogP contribution is -2.42. The molecule has 0 aliphatic heterocycles. The van der Waals surface area contributed by atoms with Gasteiger partial charge in [0.1, 0.15) is 0 Å². The largest absolute Gasteiger partial charge is 0.379 e. The molecule has 0 aliphatic carbocycles. The summed E-state index contributed by atoms with van der Waals surface area (Å²) < 4.78 is 5.52. The highest BCUT2D eigenvalue weighted by Gasteiger charge is 2.21. The van der Waals surface area contributed by atoms with E-state index in [1.165, 1.54) is 5.57 Å². The highest BCUT2D eigenvalue weighted by Crippen LogP contribution is 2.12. The molecule has 2 unspecified atom stereocenters. The molecule has 1 N–H and O–H groups in total. The molecule has 0 heterocycles. The van der Waals surface area contributed by atoms with E-state index in [4.69, 9.17) is 4.74 Å². The van der Waals surface area contributed by atoms with Crippen LogP contribution in [0.1, 0.15) is 34.6 Å². The smallest absolute Gasteiger partial charge is 0.0782 e. The van der Waals surface area contributed by atoms with E-state index >= 15 is 0 Å². The van der Waals surface area contributed by atoms with Gasteiger partial charge in [-0.15, -0.1) is 0 Å². The van der Waals surface area contributed by atoms with E-state index in [0.29, 0.717) is 12.0 Å². The predicted octanol–water partition coefficient (Wildman–Crippen LogP) is 2.60. The van der Waals surface area contributed by atoms with E-state index in [1.54, 1.807) is 7.11 Å². The molecular formula is C12H25NO. The van der Waals surface area contributed by atoms with Gasteiger partial charge in [0.15, 0.2) is 0 Å². The van der Waals surface area contributed by atoms with Crippen LogP contribution in [0.25, 0.3) is 0 Å². The van der Waals surface area contributed by atoms with Crippen molar-refractivity contribution in [3.8, 4) is 0 Å². The van der Waals surface area contributed by atoms with E-state index < -0.39 is 0 Å². The van der Waals surface area contributed by atoms with Crippen LogP contribution in [0.4, 0.5) is 0 Å². The fourth-order valence-electron chi connectivity index (χ4n) is 1.70. The molecule has 0 aromatic heterocycles. The van der Waals surface area contributed by atoms with Gasteiger partial charge in [0.25, 0.3) is 0 Å². The number of rotatable bonds is 6. The monoisotopic (exact) mass is 199 g/mol. The third-order valence-electron chi connectivity index (χ3n) is 2.24. The van der Waals surface area contributed by atoms with Crippen molar-refractivity contribution in [3.05, 3.63) is 11.6 Å². The molecule has 0 rings (SSSR count). The first-order valence-corrected chi connectivity index (χ1v) is 5.44. The first-order chi connectivity index (χ1) is 6.52.